The van der Waals surface area contributed by atoms with Gasteiger partial charge in [0.1, 0.15) is 5.82 Å². The highest BCUT2D eigenvalue weighted by Gasteiger charge is 2.36. The Hall–Kier alpha value is -3.21. The summed E-state index contributed by atoms with van der Waals surface area (Å²) in [5, 5.41) is 0. The third-order valence-electron chi connectivity index (χ3n) is 4.30. The molecule has 0 saturated carbocycles. The number of imidazole rings is 1. The summed E-state index contributed by atoms with van der Waals surface area (Å²) in [4.78, 5) is 34.1. The lowest BCUT2D eigenvalue weighted by Crippen LogP contribution is -2.29. The number of aryl methyl sites for hydroxylation is 2. The molecule has 1 aliphatic rings. The summed E-state index contributed by atoms with van der Waals surface area (Å²) < 4.78 is 0. The first kappa shape index (κ1) is 14.4. The van der Waals surface area contributed by atoms with Crippen molar-refractivity contribution < 1.29 is 9.59 Å². The molecule has 1 N–H and O–H groups in total. The van der Waals surface area contributed by atoms with Gasteiger partial charge in [-0.3, -0.25) is 9.59 Å². The quantitative estimate of drug-likeness (QED) is 0.736. The molecular formula is C19H15N3O2. The normalized spacial score (nSPS) is 13.5. The number of amides is 2. The predicted molar refractivity (Wildman–Crippen MR) is 91.1 cm³/mol. The number of hydrogen-bond acceptors (Lipinski definition) is 3. The molecule has 0 spiro atoms. The third-order valence-corrected chi connectivity index (χ3v) is 4.30. The van der Waals surface area contributed by atoms with E-state index in [1.807, 2.05) is 26.0 Å². The molecule has 0 aliphatic carbocycles. The van der Waals surface area contributed by atoms with Crippen LogP contribution in [0.5, 0.6) is 0 Å². The smallest absolute Gasteiger partial charge is 0.266 e. The number of carbonyl (C=O) groups is 2. The fraction of sp³-hybridized carbons (Fsp3) is 0.105. The van der Waals surface area contributed by atoms with Crippen LogP contribution in [-0.4, -0.2) is 21.8 Å². The van der Waals surface area contributed by atoms with Crippen LogP contribution in [0.1, 0.15) is 32.1 Å². The number of carbonyl (C=O) groups excluding carboxylic acids is 2. The number of aromatic amines is 1. The largest absolute Gasteiger partial charge is 0.342 e. The van der Waals surface area contributed by atoms with Gasteiger partial charge >= 0.3 is 0 Å². The average Bonchev–Trinajstić information content (AvgIpc) is 3.06. The lowest BCUT2D eigenvalue weighted by molar-refractivity contribution is 0.0926. The number of hydrogen-bond donors (Lipinski definition) is 1. The summed E-state index contributed by atoms with van der Waals surface area (Å²) in [6, 6.07) is 14.2. The van der Waals surface area contributed by atoms with Crippen LogP contribution in [0.25, 0.3) is 11.4 Å². The van der Waals surface area contributed by atoms with E-state index in [2.05, 4.69) is 9.97 Å². The molecule has 0 radical (unpaired) electrons. The number of nitrogens with one attached hydrogen (secondary N) is 1. The zero-order chi connectivity index (χ0) is 16.8. The highest BCUT2D eigenvalue weighted by Crippen LogP contribution is 2.30. The number of benzene rings is 2. The Labute approximate surface area is 139 Å². The lowest BCUT2D eigenvalue weighted by Gasteiger charge is -2.14. The molecule has 2 aromatic carbocycles. The van der Waals surface area contributed by atoms with Crippen molar-refractivity contribution in [2.75, 3.05) is 4.90 Å². The van der Waals surface area contributed by atoms with Crippen molar-refractivity contribution in [1.82, 2.24) is 9.97 Å². The van der Waals surface area contributed by atoms with Gasteiger partial charge in [-0.15, -0.1) is 0 Å². The van der Waals surface area contributed by atoms with Crippen molar-refractivity contribution in [3.63, 3.8) is 0 Å². The van der Waals surface area contributed by atoms with Gasteiger partial charge in [-0.1, -0.05) is 24.3 Å². The van der Waals surface area contributed by atoms with E-state index < -0.39 is 0 Å². The van der Waals surface area contributed by atoms with Gasteiger partial charge in [0.15, 0.2) is 0 Å². The van der Waals surface area contributed by atoms with E-state index in [4.69, 9.17) is 0 Å². The van der Waals surface area contributed by atoms with Crippen molar-refractivity contribution in [2.45, 2.75) is 13.8 Å². The van der Waals surface area contributed by atoms with E-state index in [9.17, 15) is 9.59 Å². The average molecular weight is 317 g/mol. The SMILES string of the molecule is Cc1nc(-c2cccc(N3C(=O)c4ccccc4C3=O)c2)[nH]c1C. The number of anilines is 1. The maximum atomic E-state index is 12.6. The summed E-state index contributed by atoms with van der Waals surface area (Å²) in [7, 11) is 0. The Kier molecular flexibility index (Phi) is 3.09. The highest BCUT2D eigenvalue weighted by molar-refractivity contribution is 6.34. The van der Waals surface area contributed by atoms with E-state index in [-0.39, 0.29) is 11.8 Å². The minimum atomic E-state index is -0.292. The number of imide groups is 1. The van der Waals surface area contributed by atoms with Crippen molar-refractivity contribution in [2.24, 2.45) is 0 Å². The first-order valence-electron chi connectivity index (χ1n) is 7.67. The molecule has 0 unspecified atom stereocenters. The third kappa shape index (κ3) is 2.06. The van der Waals surface area contributed by atoms with E-state index in [0.29, 0.717) is 16.8 Å². The topological polar surface area (TPSA) is 66.1 Å². The van der Waals surface area contributed by atoms with E-state index in [1.54, 1.807) is 36.4 Å². The number of aromatic nitrogens is 2. The van der Waals surface area contributed by atoms with E-state index >= 15 is 0 Å². The van der Waals surface area contributed by atoms with Gasteiger partial charge in [0, 0.05) is 11.3 Å². The second-order valence-electron chi connectivity index (χ2n) is 5.84. The summed E-state index contributed by atoms with van der Waals surface area (Å²) in [5.41, 5.74) is 4.19. The standard InChI is InChI=1S/C19H15N3O2/c1-11-12(2)21-17(20-11)13-6-5-7-14(10-13)22-18(23)15-8-3-4-9-16(15)19(22)24/h3-10H,1-2H3,(H,20,21). The van der Waals surface area contributed by atoms with Crippen molar-refractivity contribution in [3.8, 4) is 11.4 Å². The first-order chi connectivity index (χ1) is 11.6. The van der Waals surface area contributed by atoms with E-state index in [1.165, 1.54) is 4.90 Å². The molecule has 2 amide bonds. The molecule has 0 atom stereocenters. The molecule has 5 heteroatoms. The lowest BCUT2D eigenvalue weighted by atomic mass is 10.1. The minimum absolute atomic E-state index is 0.292. The van der Waals surface area contributed by atoms with Crippen LogP contribution in [-0.2, 0) is 0 Å². The molecule has 0 fully saturated rings. The van der Waals surface area contributed by atoms with Crippen molar-refractivity contribution in [3.05, 3.63) is 71.0 Å². The summed E-state index contributed by atoms with van der Waals surface area (Å²) in [6.45, 7) is 3.89. The monoisotopic (exact) mass is 317 g/mol. The molecule has 24 heavy (non-hydrogen) atoms. The molecular weight excluding hydrogens is 302 g/mol. The zero-order valence-electron chi connectivity index (χ0n) is 13.3. The van der Waals surface area contributed by atoms with Gasteiger partial charge in [0.05, 0.1) is 22.5 Å². The first-order valence-corrected chi connectivity index (χ1v) is 7.67. The van der Waals surface area contributed by atoms with Crippen molar-refractivity contribution in [1.29, 1.82) is 0 Å². The van der Waals surface area contributed by atoms with Crippen LogP contribution in [0.4, 0.5) is 5.69 Å². The summed E-state index contributed by atoms with van der Waals surface area (Å²) in [5.74, 6) is 0.141. The Morgan fingerprint density at radius 3 is 2.17 bits per heavy atom. The van der Waals surface area contributed by atoms with Crippen LogP contribution >= 0.6 is 0 Å². The second-order valence-corrected chi connectivity index (χ2v) is 5.84. The van der Waals surface area contributed by atoms with Crippen LogP contribution in [0.2, 0.25) is 0 Å². The van der Waals surface area contributed by atoms with Gasteiger partial charge < -0.3 is 4.98 Å². The Balaban J connectivity index is 1.78. The van der Waals surface area contributed by atoms with Gasteiger partial charge in [-0.05, 0) is 38.1 Å². The fourth-order valence-electron chi connectivity index (χ4n) is 2.90. The highest BCUT2D eigenvalue weighted by atomic mass is 16.2. The predicted octanol–water partition coefficient (Wildman–Crippen LogP) is 3.49. The number of H-pyrrole nitrogens is 1. The Morgan fingerprint density at radius 1 is 0.917 bits per heavy atom. The Bertz CT molecular complexity index is 933. The van der Waals surface area contributed by atoms with Crippen molar-refractivity contribution >= 4 is 17.5 Å². The molecule has 0 saturated heterocycles. The maximum absolute atomic E-state index is 12.6. The number of rotatable bonds is 2. The molecule has 1 aromatic heterocycles. The van der Waals surface area contributed by atoms with Crippen LogP contribution in [0.15, 0.2) is 48.5 Å². The molecule has 3 aromatic rings. The van der Waals surface area contributed by atoms with Crippen LogP contribution in [0.3, 0.4) is 0 Å². The van der Waals surface area contributed by atoms with Gasteiger partial charge in [-0.2, -0.15) is 0 Å². The van der Waals surface area contributed by atoms with Crippen LogP contribution in [0, 0.1) is 13.8 Å². The number of nitrogens with zero attached hydrogens (tertiary/aromatic N) is 2. The Morgan fingerprint density at radius 2 is 1.58 bits per heavy atom. The molecule has 4 rings (SSSR count). The van der Waals surface area contributed by atoms with Gasteiger partial charge in [0.2, 0.25) is 0 Å². The molecule has 0 bridgehead atoms. The van der Waals surface area contributed by atoms with Gasteiger partial charge in [-0.25, -0.2) is 9.88 Å². The summed E-state index contributed by atoms with van der Waals surface area (Å²) >= 11 is 0. The van der Waals surface area contributed by atoms with E-state index in [0.717, 1.165) is 22.8 Å². The minimum Gasteiger partial charge on any atom is -0.342 e. The molecule has 2 heterocycles. The van der Waals surface area contributed by atoms with Gasteiger partial charge in [0.25, 0.3) is 11.8 Å². The van der Waals surface area contributed by atoms with Crippen LogP contribution < -0.4 is 4.90 Å². The number of fused-ring (bicyclic) bond motifs is 1. The summed E-state index contributed by atoms with van der Waals surface area (Å²) in [6.07, 6.45) is 0. The zero-order valence-corrected chi connectivity index (χ0v) is 13.3. The maximum Gasteiger partial charge on any atom is 0.266 e. The molecule has 5 nitrogen and oxygen atoms in total. The fourth-order valence-corrected chi connectivity index (χ4v) is 2.90. The molecule has 118 valence electrons. The molecule has 1 aliphatic heterocycles. The second kappa shape index (κ2) is 5.16.